The van der Waals surface area contributed by atoms with E-state index in [1.807, 2.05) is 0 Å². The number of hydrogen-bond acceptors (Lipinski definition) is 4. The van der Waals surface area contributed by atoms with Gasteiger partial charge in [-0.05, 0) is 25.3 Å². The van der Waals surface area contributed by atoms with Gasteiger partial charge in [0.05, 0.1) is 12.5 Å². The van der Waals surface area contributed by atoms with Crippen molar-refractivity contribution < 1.29 is 24.5 Å². The second kappa shape index (κ2) is 4.93. The second-order valence-corrected chi connectivity index (χ2v) is 3.44. The van der Waals surface area contributed by atoms with E-state index in [-0.39, 0.29) is 24.6 Å². The van der Waals surface area contributed by atoms with Crippen molar-refractivity contribution in [3.8, 4) is 0 Å². The summed E-state index contributed by atoms with van der Waals surface area (Å²) in [5.41, 5.74) is 0.611. The lowest BCUT2D eigenvalue weighted by molar-refractivity contribution is -0.140. The number of aliphatic hydroxyl groups excluding tert-OH is 1. The van der Waals surface area contributed by atoms with Crippen molar-refractivity contribution in [1.29, 1.82) is 0 Å². The third-order valence-electron chi connectivity index (χ3n) is 2.54. The number of esters is 1. The minimum atomic E-state index is -1.06. The lowest BCUT2D eigenvalue weighted by Crippen LogP contribution is -2.16. The minimum absolute atomic E-state index is 0.132. The van der Waals surface area contributed by atoms with Crippen LogP contribution in [-0.2, 0) is 14.3 Å². The van der Waals surface area contributed by atoms with Gasteiger partial charge in [-0.1, -0.05) is 0 Å². The first-order chi connectivity index (χ1) is 7.07. The number of aliphatic carboxylic acids is 1. The molecule has 0 aromatic rings. The number of cyclic esters (lactones) is 1. The van der Waals surface area contributed by atoms with Gasteiger partial charge < -0.3 is 14.9 Å². The van der Waals surface area contributed by atoms with E-state index in [0.717, 1.165) is 0 Å². The van der Waals surface area contributed by atoms with Crippen LogP contribution < -0.4 is 0 Å². The Balaban J connectivity index is 2.96. The molecule has 1 aliphatic rings. The number of carboxylic acid groups (broad SMARTS) is 1. The molecule has 1 unspecified atom stereocenters. The molecule has 1 saturated heterocycles. The molecule has 0 amide bonds. The lowest BCUT2D eigenvalue weighted by atomic mass is 9.91. The summed E-state index contributed by atoms with van der Waals surface area (Å²) in [6.07, 6.45) is 0.705. The van der Waals surface area contributed by atoms with Gasteiger partial charge in [0.2, 0.25) is 0 Å². The normalized spacial score (nSPS) is 22.3. The fourth-order valence-corrected chi connectivity index (χ4v) is 1.69. The maximum Gasteiger partial charge on any atom is 0.331 e. The van der Waals surface area contributed by atoms with Crippen molar-refractivity contribution >= 4 is 11.9 Å². The van der Waals surface area contributed by atoms with Crippen molar-refractivity contribution in [2.75, 3.05) is 13.2 Å². The average molecular weight is 214 g/mol. The largest absolute Gasteiger partial charge is 0.478 e. The molecule has 0 aliphatic carbocycles. The molecule has 5 heteroatoms. The van der Waals surface area contributed by atoms with E-state index in [9.17, 15) is 9.59 Å². The van der Waals surface area contributed by atoms with Crippen LogP contribution in [0.15, 0.2) is 11.1 Å². The van der Waals surface area contributed by atoms with Gasteiger partial charge >= 0.3 is 11.9 Å². The van der Waals surface area contributed by atoms with Gasteiger partial charge in [0.15, 0.2) is 0 Å². The molecule has 0 bridgehead atoms. The van der Waals surface area contributed by atoms with Crippen LogP contribution in [0, 0.1) is 5.92 Å². The van der Waals surface area contributed by atoms with Gasteiger partial charge in [0.1, 0.15) is 0 Å². The molecule has 15 heavy (non-hydrogen) atoms. The highest BCUT2D eigenvalue weighted by molar-refractivity contribution is 5.89. The molecule has 84 valence electrons. The molecule has 5 nitrogen and oxygen atoms in total. The fraction of sp³-hybridized carbons (Fsp3) is 0.600. The fourth-order valence-electron chi connectivity index (χ4n) is 1.69. The molecule has 1 rings (SSSR count). The van der Waals surface area contributed by atoms with E-state index in [4.69, 9.17) is 14.9 Å². The zero-order chi connectivity index (χ0) is 11.4. The summed E-state index contributed by atoms with van der Waals surface area (Å²) in [7, 11) is 0. The summed E-state index contributed by atoms with van der Waals surface area (Å²) in [5, 5.41) is 17.7. The van der Waals surface area contributed by atoms with Crippen LogP contribution in [-0.4, -0.2) is 35.4 Å². The first-order valence-electron chi connectivity index (χ1n) is 4.78. The van der Waals surface area contributed by atoms with Gasteiger partial charge in [-0.3, -0.25) is 4.79 Å². The summed E-state index contributed by atoms with van der Waals surface area (Å²) in [4.78, 5) is 22.1. The predicted molar refractivity (Wildman–Crippen MR) is 51.1 cm³/mol. The van der Waals surface area contributed by atoms with Gasteiger partial charge in [0.25, 0.3) is 0 Å². The molecular weight excluding hydrogens is 200 g/mol. The van der Waals surface area contributed by atoms with Crippen LogP contribution in [0.2, 0.25) is 0 Å². The maximum atomic E-state index is 11.3. The second-order valence-electron chi connectivity index (χ2n) is 3.44. The summed E-state index contributed by atoms with van der Waals surface area (Å²) in [6, 6.07) is 0. The zero-order valence-electron chi connectivity index (χ0n) is 8.52. The minimum Gasteiger partial charge on any atom is -0.478 e. The average Bonchev–Trinajstić information content (AvgIpc) is 2.59. The Morgan fingerprint density at radius 2 is 2.27 bits per heavy atom. The number of ether oxygens (including phenoxy) is 1. The molecule has 0 saturated carbocycles. The van der Waals surface area contributed by atoms with Crippen LogP contribution in [0.25, 0.3) is 0 Å². The molecule has 0 aromatic heterocycles. The smallest absolute Gasteiger partial charge is 0.331 e. The Labute approximate surface area is 87.4 Å². The van der Waals surface area contributed by atoms with Gasteiger partial charge in [0, 0.05) is 12.2 Å². The van der Waals surface area contributed by atoms with E-state index in [1.165, 1.54) is 6.92 Å². The Morgan fingerprint density at radius 3 is 2.67 bits per heavy atom. The third kappa shape index (κ3) is 2.56. The highest BCUT2D eigenvalue weighted by atomic mass is 16.5. The van der Waals surface area contributed by atoms with E-state index in [2.05, 4.69) is 0 Å². The molecule has 1 atom stereocenters. The topological polar surface area (TPSA) is 83.8 Å². The van der Waals surface area contributed by atoms with Crippen molar-refractivity contribution in [2.24, 2.45) is 5.92 Å². The first kappa shape index (κ1) is 11.7. The van der Waals surface area contributed by atoms with Gasteiger partial charge in [-0.15, -0.1) is 0 Å². The number of carboxylic acids is 1. The Bertz CT molecular complexity index is 305. The number of carbonyl (C=O) groups is 2. The standard InChI is InChI=1S/C10H14O5/c1-6(9(12)13)7(2-4-11)8-3-5-15-10(8)14/h8,11H,2-5H2,1H3,(H,12,13). The van der Waals surface area contributed by atoms with Crippen molar-refractivity contribution in [3.63, 3.8) is 0 Å². The van der Waals surface area contributed by atoms with Crippen LogP contribution in [0.3, 0.4) is 0 Å². The molecule has 1 fully saturated rings. The van der Waals surface area contributed by atoms with Gasteiger partial charge in [-0.25, -0.2) is 4.79 Å². The van der Waals surface area contributed by atoms with Crippen molar-refractivity contribution in [1.82, 2.24) is 0 Å². The molecule has 1 aliphatic heterocycles. The SMILES string of the molecule is CC(C(=O)O)=C(CCO)C1CCOC1=O. The van der Waals surface area contributed by atoms with E-state index in [0.29, 0.717) is 18.6 Å². The highest BCUT2D eigenvalue weighted by Gasteiger charge is 2.31. The first-order valence-corrected chi connectivity index (χ1v) is 4.78. The van der Waals surface area contributed by atoms with Crippen molar-refractivity contribution in [3.05, 3.63) is 11.1 Å². The summed E-state index contributed by atoms with van der Waals surface area (Å²) in [5.74, 6) is -1.94. The van der Waals surface area contributed by atoms with Crippen LogP contribution in [0.5, 0.6) is 0 Å². The van der Waals surface area contributed by atoms with E-state index < -0.39 is 11.9 Å². The van der Waals surface area contributed by atoms with E-state index >= 15 is 0 Å². The molecule has 0 radical (unpaired) electrons. The third-order valence-corrected chi connectivity index (χ3v) is 2.54. The quantitative estimate of drug-likeness (QED) is 0.520. The Hall–Kier alpha value is -1.36. The Morgan fingerprint density at radius 1 is 1.60 bits per heavy atom. The van der Waals surface area contributed by atoms with Gasteiger partial charge in [-0.2, -0.15) is 0 Å². The Kier molecular flexibility index (Phi) is 3.85. The molecule has 2 N–H and O–H groups in total. The van der Waals surface area contributed by atoms with Crippen LogP contribution in [0.4, 0.5) is 0 Å². The van der Waals surface area contributed by atoms with Crippen LogP contribution in [0.1, 0.15) is 19.8 Å². The predicted octanol–water partition coefficient (Wildman–Crippen LogP) is 0.333. The number of hydrogen-bond donors (Lipinski definition) is 2. The molecule has 0 aromatic carbocycles. The number of rotatable bonds is 4. The van der Waals surface area contributed by atoms with E-state index in [1.54, 1.807) is 0 Å². The maximum absolute atomic E-state index is 11.3. The lowest BCUT2D eigenvalue weighted by Gasteiger charge is -2.12. The molecular formula is C10H14O5. The zero-order valence-corrected chi connectivity index (χ0v) is 8.52. The highest BCUT2D eigenvalue weighted by Crippen LogP contribution is 2.27. The monoisotopic (exact) mass is 214 g/mol. The molecule has 1 heterocycles. The van der Waals surface area contributed by atoms with Crippen LogP contribution >= 0.6 is 0 Å². The summed E-state index contributed by atoms with van der Waals surface area (Å²) in [6.45, 7) is 1.61. The van der Waals surface area contributed by atoms with Crippen molar-refractivity contribution in [2.45, 2.75) is 19.8 Å². The summed E-state index contributed by atoms with van der Waals surface area (Å²) < 4.78 is 4.78. The summed E-state index contributed by atoms with van der Waals surface area (Å²) >= 11 is 0. The number of carbonyl (C=O) groups excluding carboxylic acids is 1. The molecule has 0 spiro atoms. The number of aliphatic hydroxyl groups is 1.